The lowest BCUT2D eigenvalue weighted by Gasteiger charge is -2.39. The van der Waals surface area contributed by atoms with E-state index in [-0.39, 0.29) is 18.5 Å². The Kier molecular flexibility index (Phi) is 5.48. The second-order valence-electron chi connectivity index (χ2n) is 6.55. The van der Waals surface area contributed by atoms with Crippen molar-refractivity contribution in [1.29, 1.82) is 0 Å². The second kappa shape index (κ2) is 7.77. The fourth-order valence-corrected chi connectivity index (χ4v) is 3.69. The van der Waals surface area contributed by atoms with Gasteiger partial charge in [0.25, 0.3) is 0 Å². The number of nitrogens with zero attached hydrogens (tertiary/aromatic N) is 1. The fraction of sp³-hybridized carbons (Fsp3) is 0.400. The van der Waals surface area contributed by atoms with E-state index in [4.69, 9.17) is 0 Å². The molecule has 0 aliphatic carbocycles. The number of aliphatic hydroxyl groups is 1. The van der Waals surface area contributed by atoms with E-state index in [1.165, 1.54) is 12.1 Å². The van der Waals surface area contributed by atoms with E-state index < -0.39 is 0 Å². The number of aliphatic hydroxyl groups excluding tert-OH is 1. The number of halogens is 1. The van der Waals surface area contributed by atoms with Crippen LogP contribution in [-0.4, -0.2) is 34.8 Å². The zero-order valence-corrected chi connectivity index (χ0v) is 13.7. The van der Waals surface area contributed by atoms with Crippen molar-refractivity contribution in [3.05, 3.63) is 65.5 Å². The quantitative estimate of drug-likeness (QED) is 0.882. The molecular weight excluding hydrogens is 305 g/mol. The molecule has 24 heavy (non-hydrogen) atoms. The molecule has 2 aromatic carbocycles. The first-order valence-corrected chi connectivity index (χ1v) is 8.54. The number of aromatic hydroxyl groups is 1. The molecular formula is C20H24FNO2. The molecule has 1 saturated heterocycles. The number of piperidine rings is 1. The number of phenols is 1. The van der Waals surface area contributed by atoms with Crippen LogP contribution in [0.25, 0.3) is 0 Å². The van der Waals surface area contributed by atoms with Crippen LogP contribution in [0.5, 0.6) is 5.75 Å². The molecule has 0 bridgehead atoms. The molecule has 4 heteroatoms. The topological polar surface area (TPSA) is 43.7 Å². The van der Waals surface area contributed by atoms with Crippen LogP contribution in [0.15, 0.2) is 48.5 Å². The zero-order chi connectivity index (χ0) is 16.9. The summed E-state index contributed by atoms with van der Waals surface area (Å²) in [5.41, 5.74) is 2.07. The summed E-state index contributed by atoms with van der Waals surface area (Å²) in [6.07, 6.45) is 2.82. The Morgan fingerprint density at radius 3 is 2.54 bits per heavy atom. The van der Waals surface area contributed by atoms with Gasteiger partial charge < -0.3 is 10.2 Å². The highest BCUT2D eigenvalue weighted by Crippen LogP contribution is 2.36. The fourth-order valence-electron chi connectivity index (χ4n) is 3.69. The van der Waals surface area contributed by atoms with E-state index in [9.17, 15) is 14.6 Å². The third kappa shape index (κ3) is 3.94. The molecule has 0 aromatic heterocycles. The first-order chi connectivity index (χ1) is 11.7. The zero-order valence-electron chi connectivity index (χ0n) is 13.7. The lowest BCUT2D eigenvalue weighted by Crippen LogP contribution is -2.39. The molecule has 2 unspecified atom stereocenters. The van der Waals surface area contributed by atoms with Crippen LogP contribution >= 0.6 is 0 Å². The van der Waals surface area contributed by atoms with Crippen LogP contribution < -0.4 is 0 Å². The number of phenolic OH excluding ortho intramolecular Hbond substituents is 1. The number of hydrogen-bond donors (Lipinski definition) is 2. The molecule has 3 nitrogen and oxygen atoms in total. The average Bonchev–Trinajstić information content (AvgIpc) is 2.59. The number of benzene rings is 2. The highest BCUT2D eigenvalue weighted by atomic mass is 19.1. The van der Waals surface area contributed by atoms with Gasteiger partial charge in [-0.3, -0.25) is 4.90 Å². The maximum atomic E-state index is 13.2. The van der Waals surface area contributed by atoms with Gasteiger partial charge in [-0.15, -0.1) is 0 Å². The van der Waals surface area contributed by atoms with Crippen LogP contribution in [0.1, 0.15) is 30.0 Å². The number of hydrogen-bond acceptors (Lipinski definition) is 3. The van der Waals surface area contributed by atoms with Gasteiger partial charge in [0.2, 0.25) is 0 Å². The summed E-state index contributed by atoms with van der Waals surface area (Å²) in [5, 5.41) is 19.3. The Balaban J connectivity index is 1.76. The van der Waals surface area contributed by atoms with Crippen LogP contribution in [0, 0.1) is 11.7 Å². The Bertz CT molecular complexity index is 659. The first kappa shape index (κ1) is 16.9. The van der Waals surface area contributed by atoms with Gasteiger partial charge in [-0.25, -0.2) is 4.39 Å². The van der Waals surface area contributed by atoms with Gasteiger partial charge in [-0.1, -0.05) is 30.3 Å². The highest BCUT2D eigenvalue weighted by molar-refractivity contribution is 5.32. The number of β-amino-alcohol motifs (C(OH)–C–C–N with tert-alkyl or cyclic N) is 1. The predicted octanol–water partition coefficient (Wildman–Crippen LogP) is 3.52. The second-order valence-corrected chi connectivity index (χ2v) is 6.55. The molecule has 0 amide bonds. The summed E-state index contributed by atoms with van der Waals surface area (Å²) in [6, 6.07) is 14.4. The molecule has 2 atom stereocenters. The average molecular weight is 329 g/mol. The first-order valence-electron chi connectivity index (χ1n) is 8.54. The molecule has 2 N–H and O–H groups in total. The lowest BCUT2D eigenvalue weighted by molar-refractivity contribution is 0.0890. The van der Waals surface area contributed by atoms with Gasteiger partial charge in [0.05, 0.1) is 6.61 Å². The Morgan fingerprint density at radius 1 is 1.08 bits per heavy atom. The van der Waals surface area contributed by atoms with Crippen molar-refractivity contribution in [1.82, 2.24) is 4.90 Å². The van der Waals surface area contributed by atoms with E-state index in [0.717, 1.165) is 36.9 Å². The normalized spacial score (nSPS) is 21.8. The van der Waals surface area contributed by atoms with E-state index in [0.29, 0.717) is 18.2 Å². The maximum Gasteiger partial charge on any atom is 0.123 e. The van der Waals surface area contributed by atoms with Gasteiger partial charge >= 0.3 is 0 Å². The third-order valence-electron chi connectivity index (χ3n) is 4.96. The molecule has 0 spiro atoms. The molecule has 0 saturated carbocycles. The van der Waals surface area contributed by atoms with Gasteiger partial charge in [-0.2, -0.15) is 0 Å². The van der Waals surface area contributed by atoms with E-state index in [1.54, 1.807) is 6.07 Å². The summed E-state index contributed by atoms with van der Waals surface area (Å²) in [7, 11) is 0. The molecule has 0 radical (unpaired) electrons. The van der Waals surface area contributed by atoms with E-state index in [2.05, 4.69) is 4.90 Å². The smallest absolute Gasteiger partial charge is 0.123 e. The van der Waals surface area contributed by atoms with Crippen molar-refractivity contribution < 1.29 is 14.6 Å². The third-order valence-corrected chi connectivity index (χ3v) is 4.96. The van der Waals surface area contributed by atoms with Crippen LogP contribution in [0.4, 0.5) is 4.39 Å². The maximum absolute atomic E-state index is 13.2. The summed E-state index contributed by atoms with van der Waals surface area (Å²) in [4.78, 5) is 2.27. The van der Waals surface area contributed by atoms with Crippen molar-refractivity contribution >= 4 is 0 Å². The monoisotopic (exact) mass is 329 g/mol. The molecule has 3 rings (SSSR count). The molecule has 2 aromatic rings. The minimum absolute atomic E-state index is 0.127. The highest BCUT2D eigenvalue weighted by Gasteiger charge is 2.29. The largest absolute Gasteiger partial charge is 0.508 e. The van der Waals surface area contributed by atoms with Gasteiger partial charge in [0, 0.05) is 12.6 Å². The minimum atomic E-state index is -0.228. The molecule has 1 heterocycles. The van der Waals surface area contributed by atoms with Crippen molar-refractivity contribution in [2.24, 2.45) is 5.92 Å². The Morgan fingerprint density at radius 2 is 1.83 bits per heavy atom. The molecule has 1 fully saturated rings. The van der Waals surface area contributed by atoms with E-state index >= 15 is 0 Å². The van der Waals surface area contributed by atoms with Gasteiger partial charge in [-0.05, 0) is 61.1 Å². The Labute approximate surface area is 142 Å². The molecule has 128 valence electrons. The summed E-state index contributed by atoms with van der Waals surface area (Å²) >= 11 is 0. The summed E-state index contributed by atoms with van der Waals surface area (Å²) < 4.78 is 13.2. The van der Waals surface area contributed by atoms with Crippen molar-refractivity contribution in [3.63, 3.8) is 0 Å². The molecule has 1 aliphatic rings. The van der Waals surface area contributed by atoms with Crippen molar-refractivity contribution in [3.8, 4) is 5.75 Å². The van der Waals surface area contributed by atoms with E-state index in [1.807, 2.05) is 30.3 Å². The molecule has 1 aliphatic heterocycles. The lowest BCUT2D eigenvalue weighted by atomic mass is 9.83. The minimum Gasteiger partial charge on any atom is -0.508 e. The predicted molar refractivity (Wildman–Crippen MR) is 92.3 cm³/mol. The van der Waals surface area contributed by atoms with Gasteiger partial charge in [0.15, 0.2) is 0 Å². The number of para-hydroxylation sites is 1. The SMILES string of the molecule is OCCN1CCC(Cc2ccccc2O)CC1c1ccc(F)cc1. The standard InChI is InChI=1S/C20H24FNO2/c21-18-7-5-16(6-8-18)19-14-15(9-10-22(19)11-12-23)13-17-3-1-2-4-20(17)24/h1-8,15,19,23-24H,9-14H2. The Hall–Kier alpha value is -1.91. The van der Waals surface area contributed by atoms with Crippen LogP contribution in [0.3, 0.4) is 0 Å². The van der Waals surface area contributed by atoms with Crippen LogP contribution in [-0.2, 0) is 6.42 Å². The van der Waals surface area contributed by atoms with Crippen LogP contribution in [0.2, 0.25) is 0 Å². The van der Waals surface area contributed by atoms with Crippen molar-refractivity contribution in [2.45, 2.75) is 25.3 Å². The van der Waals surface area contributed by atoms with Crippen molar-refractivity contribution in [2.75, 3.05) is 19.7 Å². The number of rotatable bonds is 5. The summed E-state index contributed by atoms with van der Waals surface area (Å²) in [6.45, 7) is 1.66. The number of likely N-dealkylation sites (tertiary alicyclic amines) is 1. The summed E-state index contributed by atoms with van der Waals surface area (Å²) in [5.74, 6) is 0.589. The van der Waals surface area contributed by atoms with Gasteiger partial charge in [0.1, 0.15) is 11.6 Å².